The van der Waals surface area contributed by atoms with Gasteiger partial charge in [0, 0.05) is 6.42 Å². The molecular formula is C9H11NO4. The van der Waals surface area contributed by atoms with Gasteiger partial charge in [-0.3, -0.25) is 4.79 Å². The van der Waals surface area contributed by atoms with Gasteiger partial charge in [-0.2, -0.15) is 0 Å². The molecule has 4 atom stereocenters. The lowest BCUT2D eigenvalue weighted by atomic mass is 9.92. The molecule has 0 saturated carbocycles. The second-order valence-electron chi connectivity index (χ2n) is 3.67. The number of Topliss-reactive ketones (excluding diaryl/α,β-unsaturated/α-hetero) is 1. The zero-order valence-electron chi connectivity index (χ0n) is 7.80. The van der Waals surface area contributed by atoms with Gasteiger partial charge in [-0.1, -0.05) is 0 Å². The third-order valence-corrected chi connectivity index (χ3v) is 2.82. The summed E-state index contributed by atoms with van der Waals surface area (Å²) in [7, 11) is 0. The van der Waals surface area contributed by atoms with Crippen LogP contribution in [0, 0.1) is 0 Å². The van der Waals surface area contributed by atoms with Crippen LogP contribution in [-0.2, 0) is 19.0 Å². The number of ether oxygens (including phenoxy) is 3. The molecule has 0 unspecified atom stereocenters. The minimum absolute atomic E-state index is 0.0285. The van der Waals surface area contributed by atoms with E-state index in [-0.39, 0.29) is 24.0 Å². The molecule has 0 radical (unpaired) electrons. The fourth-order valence-corrected chi connectivity index (χ4v) is 2.23. The standard InChI is InChI=1S/C9H11NO4/c1-2-12-9-10-6-5-3-4(11)7(13-5)8(6)14-9/h5-8H,2-3H2,1H3/t5-,6-,7+,8-/m0/s1. The summed E-state index contributed by atoms with van der Waals surface area (Å²) < 4.78 is 16.0. The average molecular weight is 197 g/mol. The largest absolute Gasteiger partial charge is 0.451 e. The van der Waals surface area contributed by atoms with Gasteiger partial charge < -0.3 is 14.2 Å². The van der Waals surface area contributed by atoms with Crippen molar-refractivity contribution >= 4 is 11.9 Å². The van der Waals surface area contributed by atoms with Gasteiger partial charge in [0.05, 0.1) is 12.7 Å². The van der Waals surface area contributed by atoms with Gasteiger partial charge in [0.1, 0.15) is 6.04 Å². The molecule has 14 heavy (non-hydrogen) atoms. The molecule has 76 valence electrons. The smallest absolute Gasteiger partial charge is 0.384 e. The quantitative estimate of drug-likeness (QED) is 0.588. The van der Waals surface area contributed by atoms with E-state index in [1.54, 1.807) is 0 Å². The predicted octanol–water partition coefficient (Wildman–Crippen LogP) is -0.114. The summed E-state index contributed by atoms with van der Waals surface area (Å²) in [6, 6.07) is -0.0285. The number of hydrogen-bond acceptors (Lipinski definition) is 5. The summed E-state index contributed by atoms with van der Waals surface area (Å²) in [4.78, 5) is 15.6. The van der Waals surface area contributed by atoms with E-state index in [4.69, 9.17) is 14.2 Å². The van der Waals surface area contributed by atoms with Crippen LogP contribution < -0.4 is 0 Å². The summed E-state index contributed by atoms with van der Waals surface area (Å²) in [5.74, 6) is 0.129. The highest BCUT2D eigenvalue weighted by Gasteiger charge is 2.58. The third kappa shape index (κ3) is 0.930. The molecule has 0 aliphatic carbocycles. The van der Waals surface area contributed by atoms with Crippen LogP contribution >= 0.6 is 0 Å². The van der Waals surface area contributed by atoms with Gasteiger partial charge in [0.2, 0.25) is 0 Å². The lowest BCUT2D eigenvalue weighted by molar-refractivity contribution is -0.125. The first-order chi connectivity index (χ1) is 6.79. The zero-order valence-corrected chi connectivity index (χ0v) is 7.80. The number of aliphatic imine (C=N–C) groups is 1. The average Bonchev–Trinajstić information content (AvgIpc) is 2.74. The van der Waals surface area contributed by atoms with Crippen molar-refractivity contribution in [2.45, 2.75) is 37.7 Å². The molecule has 0 N–H and O–H groups in total. The molecule has 3 aliphatic heterocycles. The minimum Gasteiger partial charge on any atom is -0.451 e. The van der Waals surface area contributed by atoms with Crippen molar-refractivity contribution in [1.29, 1.82) is 0 Å². The molecule has 3 rings (SSSR count). The molecule has 0 aromatic carbocycles. The molecule has 0 aromatic heterocycles. The first-order valence-corrected chi connectivity index (χ1v) is 4.85. The maximum absolute atomic E-state index is 11.3. The molecule has 5 nitrogen and oxygen atoms in total. The molecule has 0 spiro atoms. The first-order valence-electron chi connectivity index (χ1n) is 4.85. The fourth-order valence-electron chi connectivity index (χ4n) is 2.23. The second-order valence-corrected chi connectivity index (χ2v) is 3.67. The Morgan fingerprint density at radius 1 is 1.64 bits per heavy atom. The number of ketones is 1. The summed E-state index contributed by atoms with van der Waals surface area (Å²) >= 11 is 0. The zero-order chi connectivity index (χ0) is 9.71. The van der Waals surface area contributed by atoms with E-state index in [1.165, 1.54) is 0 Å². The molecule has 2 fully saturated rings. The number of fused-ring (bicyclic) bond motifs is 5. The predicted molar refractivity (Wildman–Crippen MR) is 46.0 cm³/mol. The Balaban J connectivity index is 1.80. The minimum atomic E-state index is -0.410. The van der Waals surface area contributed by atoms with Crippen molar-refractivity contribution in [1.82, 2.24) is 0 Å². The summed E-state index contributed by atoms with van der Waals surface area (Å²) in [6.45, 7) is 2.40. The maximum atomic E-state index is 11.3. The Hall–Kier alpha value is -1.10. The van der Waals surface area contributed by atoms with Crippen LogP contribution in [-0.4, -0.2) is 42.8 Å². The lowest BCUT2D eigenvalue weighted by Crippen LogP contribution is -2.39. The Morgan fingerprint density at radius 2 is 2.50 bits per heavy atom. The van der Waals surface area contributed by atoms with Crippen molar-refractivity contribution in [3.63, 3.8) is 0 Å². The molecule has 5 heteroatoms. The van der Waals surface area contributed by atoms with Crippen molar-refractivity contribution in [2.75, 3.05) is 6.61 Å². The topological polar surface area (TPSA) is 57.1 Å². The highest BCUT2D eigenvalue weighted by molar-refractivity contribution is 5.89. The van der Waals surface area contributed by atoms with E-state index in [9.17, 15) is 4.79 Å². The van der Waals surface area contributed by atoms with Gasteiger partial charge in [0.15, 0.2) is 18.0 Å². The fraction of sp³-hybridized carbons (Fsp3) is 0.778. The Bertz CT molecular complexity index is 314. The van der Waals surface area contributed by atoms with Crippen LogP contribution in [0.15, 0.2) is 4.99 Å². The highest BCUT2D eigenvalue weighted by Crippen LogP contribution is 2.39. The SMILES string of the molecule is CCOC1=N[C@@H]2[C@H](O1)[C@@H]1O[C@H]2CC1=O. The number of rotatable bonds is 1. The Kier molecular flexibility index (Phi) is 1.58. The molecular weight excluding hydrogens is 186 g/mol. The van der Waals surface area contributed by atoms with Crippen molar-refractivity contribution < 1.29 is 19.0 Å². The van der Waals surface area contributed by atoms with Gasteiger partial charge >= 0.3 is 6.08 Å². The van der Waals surface area contributed by atoms with E-state index < -0.39 is 6.10 Å². The van der Waals surface area contributed by atoms with E-state index in [1.807, 2.05) is 6.92 Å². The Morgan fingerprint density at radius 3 is 3.29 bits per heavy atom. The van der Waals surface area contributed by atoms with Crippen molar-refractivity contribution in [3.8, 4) is 0 Å². The lowest BCUT2D eigenvalue weighted by Gasteiger charge is -2.16. The molecule has 0 aromatic rings. The number of hydrogen-bond donors (Lipinski definition) is 0. The maximum Gasteiger partial charge on any atom is 0.384 e. The van der Waals surface area contributed by atoms with Gasteiger partial charge in [0.25, 0.3) is 0 Å². The van der Waals surface area contributed by atoms with Gasteiger partial charge in [-0.05, 0) is 6.92 Å². The van der Waals surface area contributed by atoms with E-state index in [0.717, 1.165) is 0 Å². The van der Waals surface area contributed by atoms with Crippen LogP contribution in [0.4, 0.5) is 0 Å². The summed E-state index contributed by atoms with van der Waals surface area (Å²) in [6.07, 6.45) is 0.0541. The summed E-state index contributed by atoms with van der Waals surface area (Å²) in [5, 5.41) is 0. The third-order valence-electron chi connectivity index (χ3n) is 2.82. The van der Waals surface area contributed by atoms with Gasteiger partial charge in [-0.15, -0.1) is 0 Å². The normalized spacial score (nSPS) is 43.5. The van der Waals surface area contributed by atoms with Crippen LogP contribution in [0.3, 0.4) is 0 Å². The van der Waals surface area contributed by atoms with Crippen molar-refractivity contribution in [3.05, 3.63) is 0 Å². The first kappa shape index (κ1) is 8.23. The van der Waals surface area contributed by atoms with Crippen LogP contribution in [0.5, 0.6) is 0 Å². The number of carbonyl (C=O) groups is 1. The van der Waals surface area contributed by atoms with Crippen molar-refractivity contribution in [2.24, 2.45) is 4.99 Å². The van der Waals surface area contributed by atoms with Crippen LogP contribution in [0.2, 0.25) is 0 Å². The molecule has 3 aliphatic rings. The molecule has 2 saturated heterocycles. The van der Waals surface area contributed by atoms with Gasteiger partial charge in [-0.25, -0.2) is 4.99 Å². The Labute approximate surface area is 81.0 Å². The monoisotopic (exact) mass is 197 g/mol. The van der Waals surface area contributed by atoms with Crippen LogP contribution in [0.1, 0.15) is 13.3 Å². The summed E-state index contributed by atoms with van der Waals surface area (Å²) in [5.41, 5.74) is 0. The van der Waals surface area contributed by atoms with E-state index in [2.05, 4.69) is 4.99 Å². The second kappa shape index (κ2) is 2.70. The van der Waals surface area contributed by atoms with E-state index >= 15 is 0 Å². The molecule has 3 heterocycles. The molecule has 0 amide bonds. The molecule has 2 bridgehead atoms. The number of carbonyl (C=O) groups excluding carboxylic acids is 1. The highest BCUT2D eigenvalue weighted by atomic mass is 16.7. The van der Waals surface area contributed by atoms with Crippen LogP contribution in [0.25, 0.3) is 0 Å². The number of nitrogens with zero attached hydrogens (tertiary/aromatic N) is 1. The van der Waals surface area contributed by atoms with E-state index in [0.29, 0.717) is 19.1 Å².